The van der Waals surface area contributed by atoms with Gasteiger partial charge in [-0.2, -0.15) is 0 Å². The Balaban J connectivity index is 1.15. The average Bonchev–Trinajstić information content (AvgIpc) is 3.20. The third-order valence-corrected chi connectivity index (χ3v) is 5.85. The maximum absolute atomic E-state index is 12.4. The van der Waals surface area contributed by atoms with Crippen LogP contribution in [0.25, 0.3) is 0 Å². The number of ketones is 1. The highest BCUT2D eigenvalue weighted by atomic mass is 16.5. The van der Waals surface area contributed by atoms with Crippen LogP contribution in [-0.2, 0) is 4.74 Å². The second kappa shape index (κ2) is 9.54. The van der Waals surface area contributed by atoms with Crippen LogP contribution in [0.3, 0.4) is 0 Å². The summed E-state index contributed by atoms with van der Waals surface area (Å²) in [7, 11) is 0. The van der Waals surface area contributed by atoms with Gasteiger partial charge in [0.05, 0.1) is 26.4 Å². The summed E-state index contributed by atoms with van der Waals surface area (Å²) in [4.78, 5) is 19.6. The zero-order valence-corrected chi connectivity index (χ0v) is 16.6. The van der Waals surface area contributed by atoms with E-state index in [1.54, 1.807) is 0 Å². The minimum absolute atomic E-state index is 0.161. The molecular weight excluding hydrogens is 354 g/mol. The first-order valence-electron chi connectivity index (χ1n) is 10.5. The Morgan fingerprint density at radius 2 is 1.89 bits per heavy atom. The SMILES string of the molecule is O=C(CN1CCOCC1)c1ccc(OCCCN2CCN3C=CC[C@H]3C2)cc1. The number of rotatable bonds is 8. The van der Waals surface area contributed by atoms with Crippen LogP contribution in [0.2, 0.25) is 0 Å². The normalized spacial score (nSPS) is 23.0. The first-order valence-corrected chi connectivity index (χ1v) is 10.5. The van der Waals surface area contributed by atoms with Gasteiger partial charge in [0.15, 0.2) is 5.78 Å². The van der Waals surface area contributed by atoms with Gasteiger partial charge in [-0.15, -0.1) is 0 Å². The van der Waals surface area contributed by atoms with Gasteiger partial charge >= 0.3 is 0 Å². The molecule has 152 valence electrons. The quantitative estimate of drug-likeness (QED) is 0.503. The number of benzene rings is 1. The molecule has 3 aliphatic heterocycles. The van der Waals surface area contributed by atoms with E-state index in [9.17, 15) is 4.79 Å². The fourth-order valence-electron chi connectivity index (χ4n) is 4.17. The molecule has 2 fully saturated rings. The number of hydrogen-bond acceptors (Lipinski definition) is 6. The largest absolute Gasteiger partial charge is 0.494 e. The molecule has 0 aliphatic carbocycles. The molecule has 1 atom stereocenters. The van der Waals surface area contributed by atoms with Gasteiger partial charge in [-0.1, -0.05) is 6.08 Å². The van der Waals surface area contributed by atoms with Gasteiger partial charge in [-0.25, -0.2) is 0 Å². The molecule has 0 spiro atoms. The van der Waals surface area contributed by atoms with Crippen molar-refractivity contribution in [3.05, 3.63) is 42.1 Å². The number of piperazine rings is 1. The molecule has 0 saturated carbocycles. The molecule has 0 amide bonds. The van der Waals surface area contributed by atoms with Crippen LogP contribution >= 0.6 is 0 Å². The van der Waals surface area contributed by atoms with E-state index in [0.29, 0.717) is 32.4 Å². The number of carbonyl (C=O) groups excluding carboxylic acids is 1. The lowest BCUT2D eigenvalue weighted by molar-refractivity contribution is 0.0371. The van der Waals surface area contributed by atoms with E-state index in [4.69, 9.17) is 9.47 Å². The summed E-state index contributed by atoms with van der Waals surface area (Å²) in [6, 6.07) is 8.26. The van der Waals surface area contributed by atoms with E-state index in [1.807, 2.05) is 24.3 Å². The molecule has 1 aromatic carbocycles. The number of Topliss-reactive ketones (excluding diaryl/α,β-unsaturated/α-hetero) is 1. The topological polar surface area (TPSA) is 45.3 Å². The summed E-state index contributed by atoms with van der Waals surface area (Å²) in [6.07, 6.45) is 6.74. The Labute approximate surface area is 167 Å². The van der Waals surface area contributed by atoms with Crippen LogP contribution in [-0.4, -0.2) is 92.2 Å². The van der Waals surface area contributed by atoms with Crippen molar-refractivity contribution in [3.8, 4) is 5.75 Å². The van der Waals surface area contributed by atoms with E-state index < -0.39 is 0 Å². The molecular formula is C22H31N3O3. The predicted octanol–water partition coefficient (Wildman–Crippen LogP) is 1.87. The zero-order valence-electron chi connectivity index (χ0n) is 16.6. The molecule has 4 rings (SSSR count). The van der Waals surface area contributed by atoms with Crippen molar-refractivity contribution in [1.29, 1.82) is 0 Å². The van der Waals surface area contributed by atoms with Crippen molar-refractivity contribution in [1.82, 2.24) is 14.7 Å². The predicted molar refractivity (Wildman–Crippen MR) is 109 cm³/mol. The first-order chi connectivity index (χ1) is 13.8. The van der Waals surface area contributed by atoms with Gasteiger partial charge in [0.1, 0.15) is 5.75 Å². The van der Waals surface area contributed by atoms with Gasteiger partial charge in [0.2, 0.25) is 0 Å². The van der Waals surface area contributed by atoms with Crippen LogP contribution in [0.1, 0.15) is 23.2 Å². The number of fused-ring (bicyclic) bond motifs is 1. The number of carbonyl (C=O) groups is 1. The van der Waals surface area contributed by atoms with Gasteiger partial charge < -0.3 is 14.4 Å². The Morgan fingerprint density at radius 1 is 1.07 bits per heavy atom. The summed E-state index contributed by atoms with van der Waals surface area (Å²) in [5.74, 6) is 1.00. The summed E-state index contributed by atoms with van der Waals surface area (Å²) in [6.45, 7) is 8.80. The minimum atomic E-state index is 0.161. The van der Waals surface area contributed by atoms with Gasteiger partial charge in [0, 0.05) is 50.9 Å². The van der Waals surface area contributed by atoms with Crippen molar-refractivity contribution in [2.24, 2.45) is 0 Å². The fraction of sp³-hybridized carbons (Fsp3) is 0.591. The average molecular weight is 386 g/mol. The number of hydrogen-bond donors (Lipinski definition) is 0. The molecule has 0 aromatic heterocycles. The van der Waals surface area contributed by atoms with E-state index in [0.717, 1.165) is 57.0 Å². The van der Waals surface area contributed by atoms with Crippen molar-refractivity contribution >= 4 is 5.78 Å². The van der Waals surface area contributed by atoms with Gasteiger partial charge in [-0.3, -0.25) is 14.6 Å². The highest BCUT2D eigenvalue weighted by Crippen LogP contribution is 2.19. The molecule has 2 saturated heterocycles. The Bertz CT molecular complexity index is 670. The van der Waals surface area contributed by atoms with Crippen LogP contribution in [0, 0.1) is 0 Å². The number of nitrogens with zero attached hydrogens (tertiary/aromatic N) is 3. The Kier molecular flexibility index (Phi) is 6.62. The third kappa shape index (κ3) is 5.13. The highest BCUT2D eigenvalue weighted by molar-refractivity contribution is 5.97. The van der Waals surface area contributed by atoms with Crippen LogP contribution in [0.15, 0.2) is 36.5 Å². The van der Waals surface area contributed by atoms with Crippen LogP contribution in [0.4, 0.5) is 0 Å². The molecule has 3 aliphatic rings. The Morgan fingerprint density at radius 3 is 2.71 bits per heavy atom. The van der Waals surface area contributed by atoms with Gasteiger partial charge in [-0.05, 0) is 43.3 Å². The molecule has 6 nitrogen and oxygen atoms in total. The van der Waals surface area contributed by atoms with Crippen molar-refractivity contribution in [2.45, 2.75) is 18.9 Å². The van der Waals surface area contributed by atoms with Gasteiger partial charge in [0.25, 0.3) is 0 Å². The molecule has 0 radical (unpaired) electrons. The van der Waals surface area contributed by atoms with Crippen molar-refractivity contribution in [2.75, 3.05) is 65.6 Å². The second-order valence-corrected chi connectivity index (χ2v) is 7.85. The number of ether oxygens (including phenoxy) is 2. The van der Waals surface area contributed by atoms with E-state index in [1.165, 1.54) is 6.42 Å². The monoisotopic (exact) mass is 385 g/mol. The molecule has 0 bridgehead atoms. The smallest absolute Gasteiger partial charge is 0.176 e. The van der Waals surface area contributed by atoms with E-state index in [-0.39, 0.29) is 5.78 Å². The summed E-state index contributed by atoms with van der Waals surface area (Å²) < 4.78 is 11.2. The van der Waals surface area contributed by atoms with Crippen LogP contribution in [0.5, 0.6) is 5.75 Å². The maximum atomic E-state index is 12.4. The molecule has 0 N–H and O–H groups in total. The lowest BCUT2D eigenvalue weighted by Crippen LogP contribution is -2.49. The third-order valence-electron chi connectivity index (χ3n) is 5.85. The first kappa shape index (κ1) is 19.4. The summed E-state index contributed by atoms with van der Waals surface area (Å²) >= 11 is 0. The maximum Gasteiger partial charge on any atom is 0.176 e. The van der Waals surface area contributed by atoms with Crippen molar-refractivity contribution in [3.63, 3.8) is 0 Å². The van der Waals surface area contributed by atoms with E-state index >= 15 is 0 Å². The van der Waals surface area contributed by atoms with Crippen molar-refractivity contribution < 1.29 is 14.3 Å². The molecule has 6 heteroatoms. The van der Waals surface area contributed by atoms with E-state index in [2.05, 4.69) is 27.0 Å². The molecule has 28 heavy (non-hydrogen) atoms. The Hall–Kier alpha value is -1.89. The standard InChI is InChI=1S/C22H31N3O3/c26-22(18-24-12-15-27-16-13-24)19-4-6-21(7-5-19)28-14-2-8-23-10-11-25-9-1-3-20(25)17-23/h1,4-7,9,20H,2-3,8,10-18H2/t20-/m0/s1. The molecule has 1 aromatic rings. The lowest BCUT2D eigenvalue weighted by Gasteiger charge is -2.38. The zero-order chi connectivity index (χ0) is 19.2. The fourth-order valence-corrected chi connectivity index (χ4v) is 4.17. The number of morpholine rings is 1. The summed E-state index contributed by atoms with van der Waals surface area (Å²) in [5, 5.41) is 0. The lowest BCUT2D eigenvalue weighted by atomic mass is 10.1. The second-order valence-electron chi connectivity index (χ2n) is 7.85. The molecule has 3 heterocycles. The van der Waals surface area contributed by atoms with Crippen LogP contribution < -0.4 is 4.74 Å². The highest BCUT2D eigenvalue weighted by Gasteiger charge is 2.26. The minimum Gasteiger partial charge on any atom is -0.494 e. The molecule has 0 unspecified atom stereocenters. The summed E-state index contributed by atoms with van der Waals surface area (Å²) in [5.41, 5.74) is 0.752.